The summed E-state index contributed by atoms with van der Waals surface area (Å²) in [6.07, 6.45) is 7.72. The van der Waals surface area contributed by atoms with E-state index in [9.17, 15) is 5.11 Å². The maximum atomic E-state index is 9.42. The molecule has 5 heteroatoms. The number of aromatic nitrogens is 4. The number of nitrogens with zero attached hydrogens (tertiary/aromatic N) is 4. The zero-order chi connectivity index (χ0) is 18.4. The molecule has 0 fully saturated rings. The van der Waals surface area contributed by atoms with Gasteiger partial charge in [0.2, 0.25) is 0 Å². The molecule has 0 aliphatic rings. The van der Waals surface area contributed by atoms with Gasteiger partial charge < -0.3 is 9.67 Å². The first-order chi connectivity index (χ1) is 13.2. The van der Waals surface area contributed by atoms with Crippen molar-refractivity contribution in [1.29, 1.82) is 0 Å². The zero-order valence-corrected chi connectivity index (χ0v) is 14.9. The largest absolute Gasteiger partial charge is 0.392 e. The van der Waals surface area contributed by atoms with E-state index in [4.69, 9.17) is 0 Å². The van der Waals surface area contributed by atoms with Crippen LogP contribution in [0.3, 0.4) is 0 Å². The number of fused-ring (bicyclic) bond motifs is 2. The van der Waals surface area contributed by atoms with Gasteiger partial charge >= 0.3 is 0 Å². The smallest absolute Gasteiger partial charge is 0.155 e. The minimum absolute atomic E-state index is 0.0223. The summed E-state index contributed by atoms with van der Waals surface area (Å²) in [5, 5.41) is 10.6. The van der Waals surface area contributed by atoms with Crippen molar-refractivity contribution in [2.45, 2.75) is 6.61 Å². The van der Waals surface area contributed by atoms with Crippen molar-refractivity contribution in [1.82, 2.24) is 18.9 Å². The van der Waals surface area contributed by atoms with Crippen molar-refractivity contribution < 1.29 is 5.11 Å². The number of rotatable bonds is 3. The Kier molecular flexibility index (Phi) is 3.55. The molecule has 3 heterocycles. The first-order valence-corrected chi connectivity index (χ1v) is 8.82. The van der Waals surface area contributed by atoms with Crippen LogP contribution >= 0.6 is 0 Å². The van der Waals surface area contributed by atoms with Crippen LogP contribution in [0.15, 0.2) is 73.3 Å². The summed E-state index contributed by atoms with van der Waals surface area (Å²) in [6, 6.07) is 16.4. The lowest BCUT2D eigenvalue weighted by atomic mass is 10.1. The number of aliphatic hydroxyl groups excluding tert-OH is 1. The number of benzene rings is 2. The van der Waals surface area contributed by atoms with E-state index < -0.39 is 0 Å². The fraction of sp³-hybridized carbons (Fsp3) is 0.0909. The number of aliphatic hydroxyl groups is 1. The predicted octanol–water partition coefficient (Wildman–Crippen LogP) is 4.05. The lowest BCUT2D eigenvalue weighted by Crippen LogP contribution is -1.94. The SMILES string of the molecule is Cn1ccc2cc(-c3cn4c(-c5cccc(CO)c5)cnc4cn3)ccc21. The van der Waals surface area contributed by atoms with Crippen LogP contribution in [0.1, 0.15) is 5.56 Å². The third-order valence-electron chi connectivity index (χ3n) is 4.98. The number of hydrogen-bond donors (Lipinski definition) is 1. The molecule has 0 amide bonds. The van der Waals surface area contributed by atoms with Crippen molar-refractivity contribution in [3.63, 3.8) is 0 Å². The first-order valence-electron chi connectivity index (χ1n) is 8.82. The van der Waals surface area contributed by atoms with Crippen LogP contribution < -0.4 is 0 Å². The summed E-state index contributed by atoms with van der Waals surface area (Å²) in [5.41, 5.74) is 6.83. The van der Waals surface area contributed by atoms with Gasteiger partial charge in [0.15, 0.2) is 5.65 Å². The van der Waals surface area contributed by atoms with E-state index in [1.54, 1.807) is 6.20 Å². The minimum Gasteiger partial charge on any atom is -0.392 e. The molecule has 5 rings (SSSR count). The fourth-order valence-electron chi connectivity index (χ4n) is 3.52. The van der Waals surface area contributed by atoms with Crippen molar-refractivity contribution in [2.24, 2.45) is 7.05 Å². The molecule has 0 spiro atoms. The Labute approximate surface area is 156 Å². The third kappa shape index (κ3) is 2.60. The minimum atomic E-state index is 0.0223. The lowest BCUT2D eigenvalue weighted by molar-refractivity contribution is 0.282. The second-order valence-corrected chi connectivity index (χ2v) is 6.70. The van der Waals surface area contributed by atoms with Gasteiger partial charge in [-0.25, -0.2) is 4.98 Å². The van der Waals surface area contributed by atoms with Gasteiger partial charge in [0, 0.05) is 41.5 Å². The number of hydrogen-bond acceptors (Lipinski definition) is 3. The highest BCUT2D eigenvalue weighted by molar-refractivity contribution is 5.85. The van der Waals surface area contributed by atoms with Crippen molar-refractivity contribution in [3.05, 3.63) is 78.9 Å². The second kappa shape index (κ2) is 6.07. The zero-order valence-electron chi connectivity index (χ0n) is 14.9. The molecular formula is C22H18N4O. The van der Waals surface area contributed by atoms with Gasteiger partial charge in [0.1, 0.15) is 0 Å². The van der Waals surface area contributed by atoms with Crippen LogP contribution in [-0.2, 0) is 13.7 Å². The molecule has 0 aliphatic heterocycles. The summed E-state index contributed by atoms with van der Waals surface area (Å²) in [7, 11) is 2.05. The van der Waals surface area contributed by atoms with Crippen LogP contribution in [0.5, 0.6) is 0 Å². The van der Waals surface area contributed by atoms with Crippen molar-refractivity contribution >= 4 is 16.6 Å². The molecule has 0 radical (unpaired) electrons. The summed E-state index contributed by atoms with van der Waals surface area (Å²) in [5.74, 6) is 0. The fourth-order valence-corrected chi connectivity index (χ4v) is 3.52. The average molecular weight is 354 g/mol. The van der Waals surface area contributed by atoms with E-state index >= 15 is 0 Å². The Morgan fingerprint density at radius 3 is 2.78 bits per heavy atom. The summed E-state index contributed by atoms with van der Waals surface area (Å²) >= 11 is 0. The molecule has 0 aliphatic carbocycles. The Balaban J connectivity index is 1.65. The average Bonchev–Trinajstić information content (AvgIpc) is 3.31. The van der Waals surface area contributed by atoms with E-state index in [1.165, 1.54) is 10.9 Å². The van der Waals surface area contributed by atoms with E-state index in [2.05, 4.69) is 45.0 Å². The quantitative estimate of drug-likeness (QED) is 0.532. The topological polar surface area (TPSA) is 55.4 Å². The van der Waals surface area contributed by atoms with Crippen LogP contribution in [-0.4, -0.2) is 24.0 Å². The second-order valence-electron chi connectivity index (χ2n) is 6.70. The van der Waals surface area contributed by atoms with Gasteiger partial charge in [-0.1, -0.05) is 24.3 Å². The summed E-state index contributed by atoms with van der Waals surface area (Å²) < 4.78 is 4.16. The maximum absolute atomic E-state index is 9.42. The Hall–Kier alpha value is -3.44. The normalized spacial score (nSPS) is 11.5. The molecule has 5 nitrogen and oxygen atoms in total. The molecule has 5 aromatic rings. The molecule has 1 N–H and O–H groups in total. The Bertz CT molecular complexity index is 1280. The van der Waals surface area contributed by atoms with Crippen LogP contribution in [0.2, 0.25) is 0 Å². The molecule has 0 unspecified atom stereocenters. The van der Waals surface area contributed by atoms with E-state index in [0.29, 0.717) is 0 Å². The van der Waals surface area contributed by atoms with Crippen molar-refractivity contribution in [2.75, 3.05) is 0 Å². The Morgan fingerprint density at radius 1 is 0.963 bits per heavy atom. The van der Waals surface area contributed by atoms with Crippen LogP contribution in [0.4, 0.5) is 0 Å². The summed E-state index contributed by atoms with van der Waals surface area (Å²) in [6.45, 7) is 0.0223. The van der Waals surface area contributed by atoms with Gasteiger partial charge in [-0.2, -0.15) is 0 Å². The van der Waals surface area contributed by atoms with E-state index in [0.717, 1.165) is 33.7 Å². The van der Waals surface area contributed by atoms with Crippen LogP contribution in [0, 0.1) is 0 Å². The molecule has 132 valence electrons. The molecule has 0 saturated heterocycles. The number of aryl methyl sites for hydroxylation is 1. The third-order valence-corrected chi connectivity index (χ3v) is 4.98. The van der Waals surface area contributed by atoms with Crippen molar-refractivity contribution in [3.8, 4) is 22.5 Å². The summed E-state index contributed by atoms with van der Waals surface area (Å²) in [4.78, 5) is 9.07. The van der Waals surface area contributed by atoms with Gasteiger partial charge in [-0.05, 0) is 29.8 Å². The van der Waals surface area contributed by atoms with Gasteiger partial charge in [-0.3, -0.25) is 9.38 Å². The lowest BCUT2D eigenvalue weighted by Gasteiger charge is -2.07. The predicted molar refractivity (Wildman–Crippen MR) is 106 cm³/mol. The van der Waals surface area contributed by atoms with Gasteiger partial charge in [0.25, 0.3) is 0 Å². The standard InChI is InChI=1S/C22H18N4O/c1-25-8-7-18-10-16(5-6-20(18)25)19-13-26-21(11-24-22(26)12-23-19)17-4-2-3-15(9-17)14-27/h2-13,27H,14H2,1H3. The van der Waals surface area contributed by atoms with Crippen LogP contribution in [0.25, 0.3) is 39.1 Å². The monoisotopic (exact) mass is 354 g/mol. The molecule has 0 atom stereocenters. The molecule has 3 aromatic heterocycles. The van der Waals surface area contributed by atoms with E-state index in [-0.39, 0.29) is 6.61 Å². The molecule has 2 aromatic carbocycles. The van der Waals surface area contributed by atoms with E-state index in [1.807, 2.05) is 48.1 Å². The molecular weight excluding hydrogens is 336 g/mol. The maximum Gasteiger partial charge on any atom is 0.155 e. The highest BCUT2D eigenvalue weighted by atomic mass is 16.3. The molecule has 0 saturated carbocycles. The molecule has 0 bridgehead atoms. The Morgan fingerprint density at radius 2 is 1.89 bits per heavy atom. The number of imidazole rings is 1. The highest BCUT2D eigenvalue weighted by Gasteiger charge is 2.10. The van der Waals surface area contributed by atoms with Gasteiger partial charge in [-0.15, -0.1) is 0 Å². The van der Waals surface area contributed by atoms with Gasteiger partial charge in [0.05, 0.1) is 30.4 Å². The molecule has 27 heavy (non-hydrogen) atoms. The first kappa shape index (κ1) is 15.8. The highest BCUT2D eigenvalue weighted by Crippen LogP contribution is 2.26.